The summed E-state index contributed by atoms with van der Waals surface area (Å²) in [6.45, 7) is 5.24. The van der Waals surface area contributed by atoms with Crippen LogP contribution in [-0.2, 0) is 0 Å². The number of alkyl halides is 3. The first-order valence-electron chi connectivity index (χ1n) is 3.61. The highest BCUT2D eigenvalue weighted by molar-refractivity contribution is 4.97. The first-order valence-corrected chi connectivity index (χ1v) is 3.61. The Labute approximate surface area is 69.6 Å². The standard InChI is InChI=1S/C7H13F3N2/c1-3-5(2)4-6(12-11)7(8,9)10/h6,12H,2-4,11H2,1H3. The molecule has 0 aromatic heterocycles. The molecule has 3 N–H and O–H groups in total. The lowest BCUT2D eigenvalue weighted by Gasteiger charge is -2.19. The van der Waals surface area contributed by atoms with Crippen molar-refractivity contribution < 1.29 is 13.2 Å². The summed E-state index contributed by atoms with van der Waals surface area (Å²) in [6.07, 6.45) is -3.92. The fraction of sp³-hybridized carbons (Fsp3) is 0.714. The van der Waals surface area contributed by atoms with E-state index in [9.17, 15) is 13.2 Å². The third-order valence-electron chi connectivity index (χ3n) is 1.59. The fourth-order valence-electron chi connectivity index (χ4n) is 0.702. The fourth-order valence-corrected chi connectivity index (χ4v) is 0.702. The van der Waals surface area contributed by atoms with Crippen molar-refractivity contribution in [2.45, 2.75) is 32.0 Å². The van der Waals surface area contributed by atoms with Gasteiger partial charge in [-0.25, -0.2) is 5.43 Å². The second-order valence-electron chi connectivity index (χ2n) is 2.57. The average molecular weight is 182 g/mol. The molecule has 0 radical (unpaired) electrons. The third kappa shape index (κ3) is 3.73. The van der Waals surface area contributed by atoms with E-state index in [4.69, 9.17) is 5.84 Å². The number of rotatable bonds is 4. The minimum absolute atomic E-state index is 0.156. The van der Waals surface area contributed by atoms with E-state index in [1.807, 2.05) is 0 Å². The van der Waals surface area contributed by atoms with Gasteiger partial charge in [0, 0.05) is 0 Å². The molecule has 1 unspecified atom stereocenters. The van der Waals surface area contributed by atoms with Gasteiger partial charge in [0.2, 0.25) is 0 Å². The van der Waals surface area contributed by atoms with Gasteiger partial charge in [0.1, 0.15) is 6.04 Å². The predicted molar refractivity (Wildman–Crippen MR) is 41.2 cm³/mol. The van der Waals surface area contributed by atoms with Gasteiger partial charge in [0.15, 0.2) is 0 Å². The summed E-state index contributed by atoms with van der Waals surface area (Å²) in [5.74, 6) is 4.75. The summed E-state index contributed by atoms with van der Waals surface area (Å²) in [4.78, 5) is 0. The molecule has 0 saturated heterocycles. The van der Waals surface area contributed by atoms with Crippen LogP contribution in [0.3, 0.4) is 0 Å². The van der Waals surface area contributed by atoms with E-state index in [-0.39, 0.29) is 6.42 Å². The lowest BCUT2D eigenvalue weighted by atomic mass is 10.1. The van der Waals surface area contributed by atoms with Crippen molar-refractivity contribution in [1.29, 1.82) is 0 Å². The number of hydrogen-bond donors (Lipinski definition) is 2. The molecule has 0 aromatic rings. The Morgan fingerprint density at radius 2 is 2.08 bits per heavy atom. The topological polar surface area (TPSA) is 38.0 Å². The summed E-state index contributed by atoms with van der Waals surface area (Å²) in [5.41, 5.74) is 2.26. The van der Waals surface area contributed by atoms with E-state index in [1.165, 1.54) is 0 Å². The van der Waals surface area contributed by atoms with E-state index in [0.717, 1.165) is 0 Å². The summed E-state index contributed by atoms with van der Waals surface area (Å²) in [7, 11) is 0. The number of nitrogens with one attached hydrogen (secondary N) is 1. The van der Waals surface area contributed by atoms with Crippen LogP contribution in [0.15, 0.2) is 12.2 Å². The highest BCUT2D eigenvalue weighted by Gasteiger charge is 2.38. The SMILES string of the molecule is C=C(CC)CC(NN)C(F)(F)F. The van der Waals surface area contributed by atoms with E-state index in [1.54, 1.807) is 12.3 Å². The molecule has 72 valence electrons. The van der Waals surface area contributed by atoms with Crippen molar-refractivity contribution in [3.63, 3.8) is 0 Å². The Balaban J connectivity index is 4.09. The van der Waals surface area contributed by atoms with Crippen LogP contribution >= 0.6 is 0 Å². The first-order chi connectivity index (χ1) is 5.41. The van der Waals surface area contributed by atoms with Crippen molar-refractivity contribution in [2.24, 2.45) is 5.84 Å². The summed E-state index contributed by atoms with van der Waals surface area (Å²) >= 11 is 0. The Morgan fingerprint density at radius 3 is 2.33 bits per heavy atom. The zero-order valence-corrected chi connectivity index (χ0v) is 6.91. The first kappa shape index (κ1) is 11.4. The quantitative estimate of drug-likeness (QED) is 0.395. The van der Waals surface area contributed by atoms with Gasteiger partial charge < -0.3 is 0 Å². The van der Waals surface area contributed by atoms with Gasteiger partial charge in [-0.05, 0) is 12.8 Å². The molecule has 0 heterocycles. The van der Waals surface area contributed by atoms with E-state index >= 15 is 0 Å². The molecular weight excluding hydrogens is 169 g/mol. The maximum Gasteiger partial charge on any atom is 0.405 e. The Hall–Kier alpha value is -0.550. The molecule has 0 aliphatic rings. The zero-order chi connectivity index (χ0) is 9.78. The largest absolute Gasteiger partial charge is 0.405 e. The number of nitrogens with two attached hydrogens (primary N) is 1. The van der Waals surface area contributed by atoms with Crippen LogP contribution in [0.1, 0.15) is 19.8 Å². The van der Waals surface area contributed by atoms with Gasteiger partial charge in [0.05, 0.1) is 0 Å². The monoisotopic (exact) mass is 182 g/mol. The molecule has 0 bridgehead atoms. The molecule has 0 saturated carbocycles. The van der Waals surface area contributed by atoms with E-state index < -0.39 is 12.2 Å². The van der Waals surface area contributed by atoms with Crippen molar-refractivity contribution in [3.8, 4) is 0 Å². The minimum atomic E-state index is -4.30. The van der Waals surface area contributed by atoms with Gasteiger partial charge in [-0.15, -0.1) is 0 Å². The predicted octanol–water partition coefficient (Wildman–Crippen LogP) is 1.74. The molecule has 0 spiro atoms. The van der Waals surface area contributed by atoms with Gasteiger partial charge in [-0.1, -0.05) is 19.1 Å². The average Bonchev–Trinajstić information content (AvgIpc) is 1.97. The summed E-state index contributed by atoms with van der Waals surface area (Å²) in [6, 6.07) is -1.68. The maximum atomic E-state index is 12.0. The van der Waals surface area contributed by atoms with Gasteiger partial charge in [-0.2, -0.15) is 13.2 Å². The lowest BCUT2D eigenvalue weighted by Crippen LogP contribution is -2.46. The van der Waals surface area contributed by atoms with Crippen molar-refractivity contribution >= 4 is 0 Å². The second-order valence-corrected chi connectivity index (χ2v) is 2.57. The molecule has 2 nitrogen and oxygen atoms in total. The highest BCUT2D eigenvalue weighted by atomic mass is 19.4. The van der Waals surface area contributed by atoms with Crippen molar-refractivity contribution in [1.82, 2.24) is 5.43 Å². The lowest BCUT2D eigenvalue weighted by molar-refractivity contribution is -0.155. The number of hydrogen-bond acceptors (Lipinski definition) is 2. The number of halogens is 3. The normalized spacial score (nSPS) is 14.4. The van der Waals surface area contributed by atoms with E-state index in [0.29, 0.717) is 12.0 Å². The van der Waals surface area contributed by atoms with Crippen LogP contribution in [0.25, 0.3) is 0 Å². The maximum absolute atomic E-state index is 12.0. The van der Waals surface area contributed by atoms with Crippen molar-refractivity contribution in [2.75, 3.05) is 0 Å². The van der Waals surface area contributed by atoms with Gasteiger partial charge in [0.25, 0.3) is 0 Å². The third-order valence-corrected chi connectivity index (χ3v) is 1.59. The van der Waals surface area contributed by atoms with Gasteiger partial charge in [-0.3, -0.25) is 5.84 Å². The molecule has 12 heavy (non-hydrogen) atoms. The Kier molecular flexibility index (Phi) is 4.26. The molecule has 0 rings (SSSR count). The van der Waals surface area contributed by atoms with Crippen molar-refractivity contribution in [3.05, 3.63) is 12.2 Å². The Morgan fingerprint density at radius 1 is 1.58 bits per heavy atom. The van der Waals surface area contributed by atoms with Crippen LogP contribution in [0.4, 0.5) is 13.2 Å². The molecule has 1 atom stereocenters. The number of hydrazine groups is 1. The molecule has 0 aliphatic carbocycles. The highest BCUT2D eigenvalue weighted by Crippen LogP contribution is 2.24. The van der Waals surface area contributed by atoms with Crippen LogP contribution in [0.2, 0.25) is 0 Å². The molecule has 0 fully saturated rings. The van der Waals surface area contributed by atoms with Crippen LogP contribution in [0, 0.1) is 0 Å². The van der Waals surface area contributed by atoms with Crippen LogP contribution in [0.5, 0.6) is 0 Å². The van der Waals surface area contributed by atoms with E-state index in [2.05, 4.69) is 6.58 Å². The Bertz CT molecular complexity index is 153. The molecule has 0 amide bonds. The zero-order valence-electron chi connectivity index (χ0n) is 6.91. The molecule has 5 heteroatoms. The molecule has 0 aromatic carbocycles. The molecular formula is C7H13F3N2. The van der Waals surface area contributed by atoms with Crippen LogP contribution < -0.4 is 11.3 Å². The summed E-state index contributed by atoms with van der Waals surface area (Å²) in [5, 5.41) is 0. The van der Waals surface area contributed by atoms with Gasteiger partial charge >= 0.3 is 6.18 Å². The summed E-state index contributed by atoms with van der Waals surface area (Å²) < 4.78 is 36.1. The smallest absolute Gasteiger partial charge is 0.271 e. The van der Waals surface area contributed by atoms with Crippen LogP contribution in [-0.4, -0.2) is 12.2 Å². The minimum Gasteiger partial charge on any atom is -0.271 e. The molecule has 0 aliphatic heterocycles. The second kappa shape index (κ2) is 4.47.